The molecule has 2 unspecified atom stereocenters. The number of hydrogen-bond acceptors (Lipinski definition) is 6. The number of rotatable bonds is 4. The van der Waals surface area contributed by atoms with Gasteiger partial charge >= 0.3 is 5.97 Å². The van der Waals surface area contributed by atoms with Crippen LogP contribution in [0.1, 0.15) is 27.2 Å². The van der Waals surface area contributed by atoms with Crippen molar-refractivity contribution in [1.82, 2.24) is 5.32 Å². The predicted octanol–water partition coefficient (Wildman–Crippen LogP) is 0.488. The van der Waals surface area contributed by atoms with Crippen LogP contribution in [0, 0.1) is 11.3 Å². The molecule has 2 atom stereocenters. The average Bonchev–Trinajstić information content (AvgIpc) is 2.60. The summed E-state index contributed by atoms with van der Waals surface area (Å²) < 4.78 is 31.7. The van der Waals surface area contributed by atoms with Gasteiger partial charge in [-0.1, -0.05) is 0 Å². The summed E-state index contributed by atoms with van der Waals surface area (Å²) >= 11 is 0. The van der Waals surface area contributed by atoms with Crippen molar-refractivity contribution in [2.45, 2.75) is 33.4 Å². The van der Waals surface area contributed by atoms with Crippen molar-refractivity contribution < 1.29 is 22.1 Å². The molecule has 0 aromatic carbocycles. The Morgan fingerprint density at radius 3 is 2.50 bits per heavy atom. The van der Waals surface area contributed by atoms with Crippen molar-refractivity contribution in [3.63, 3.8) is 0 Å². The molecular formula is C11H21NO5S. The molecule has 1 N–H and O–H groups in total. The van der Waals surface area contributed by atoms with Crippen molar-refractivity contribution in [2.75, 3.05) is 19.4 Å². The quantitative estimate of drug-likeness (QED) is 0.595. The third-order valence-corrected chi connectivity index (χ3v) is 3.13. The van der Waals surface area contributed by atoms with E-state index >= 15 is 0 Å². The van der Waals surface area contributed by atoms with Gasteiger partial charge in [-0.15, -0.1) is 0 Å². The molecule has 1 heterocycles. The maximum Gasteiger partial charge on any atom is 0.312 e. The Hall–Kier alpha value is -0.660. The first kappa shape index (κ1) is 15.4. The number of nitrogens with one attached hydrogen (secondary N) is 1. The minimum Gasteiger partial charge on any atom is -0.446 e. The normalized spacial score (nSPS) is 25.1. The second-order valence-corrected chi connectivity index (χ2v) is 7.29. The highest BCUT2D eigenvalue weighted by molar-refractivity contribution is 7.85. The molecule has 1 aliphatic heterocycles. The summed E-state index contributed by atoms with van der Waals surface area (Å²) in [7, 11) is -3.41. The molecule has 0 saturated carbocycles. The molecular weight excluding hydrogens is 258 g/mol. The van der Waals surface area contributed by atoms with E-state index in [4.69, 9.17) is 8.92 Å². The molecule has 0 aromatic rings. The Morgan fingerprint density at radius 2 is 2.00 bits per heavy atom. The minimum atomic E-state index is -3.41. The lowest BCUT2D eigenvalue weighted by atomic mass is 9.97. The molecule has 0 bridgehead atoms. The highest BCUT2D eigenvalue weighted by Crippen LogP contribution is 2.21. The van der Waals surface area contributed by atoms with E-state index in [-0.39, 0.29) is 24.7 Å². The maximum absolute atomic E-state index is 11.7. The fraction of sp³-hybridized carbons (Fsp3) is 0.909. The van der Waals surface area contributed by atoms with Crippen LogP contribution in [0.2, 0.25) is 0 Å². The van der Waals surface area contributed by atoms with E-state index in [9.17, 15) is 13.2 Å². The van der Waals surface area contributed by atoms with Crippen LogP contribution in [0.15, 0.2) is 0 Å². The summed E-state index contributed by atoms with van der Waals surface area (Å²) in [6.07, 6.45) is 1.23. The molecule has 0 aliphatic carbocycles. The second kappa shape index (κ2) is 5.54. The van der Waals surface area contributed by atoms with Crippen LogP contribution in [0.5, 0.6) is 0 Å². The second-order valence-electron chi connectivity index (χ2n) is 5.64. The molecule has 0 radical (unpaired) electrons. The highest BCUT2D eigenvalue weighted by atomic mass is 32.2. The zero-order valence-corrected chi connectivity index (χ0v) is 12.0. The highest BCUT2D eigenvalue weighted by Gasteiger charge is 2.31. The molecule has 0 spiro atoms. The molecule has 1 rings (SSSR count). The SMILES string of the molecule is CC(C)(C)C(=O)OC1CC(COS(C)(=O)=O)CN1. The first-order valence-electron chi connectivity index (χ1n) is 5.87. The van der Waals surface area contributed by atoms with Gasteiger partial charge in [-0.2, -0.15) is 8.42 Å². The molecule has 6 nitrogen and oxygen atoms in total. The van der Waals surface area contributed by atoms with Gasteiger partial charge in [-0.3, -0.25) is 14.3 Å². The Balaban J connectivity index is 2.36. The number of ether oxygens (including phenoxy) is 1. The van der Waals surface area contributed by atoms with Gasteiger partial charge < -0.3 is 4.74 Å². The molecule has 7 heteroatoms. The van der Waals surface area contributed by atoms with Crippen molar-refractivity contribution in [1.29, 1.82) is 0 Å². The molecule has 1 fully saturated rings. The van der Waals surface area contributed by atoms with Crippen LogP contribution in [-0.2, 0) is 23.8 Å². The number of hydrogen-bond donors (Lipinski definition) is 1. The van der Waals surface area contributed by atoms with Crippen molar-refractivity contribution in [3.8, 4) is 0 Å². The lowest BCUT2D eigenvalue weighted by molar-refractivity contribution is -0.159. The Bertz CT molecular complexity index is 398. The predicted molar refractivity (Wildman–Crippen MR) is 66.2 cm³/mol. The summed E-state index contributed by atoms with van der Waals surface area (Å²) in [6, 6.07) is 0. The average molecular weight is 279 g/mol. The Morgan fingerprint density at radius 1 is 1.39 bits per heavy atom. The van der Waals surface area contributed by atoms with Crippen molar-refractivity contribution >= 4 is 16.1 Å². The lowest BCUT2D eigenvalue weighted by Crippen LogP contribution is -2.33. The maximum atomic E-state index is 11.7. The van der Waals surface area contributed by atoms with Crippen LogP contribution in [-0.4, -0.2) is 40.0 Å². The zero-order valence-electron chi connectivity index (χ0n) is 11.2. The summed E-state index contributed by atoms with van der Waals surface area (Å²) in [5, 5.41) is 3.03. The van der Waals surface area contributed by atoms with Crippen molar-refractivity contribution in [3.05, 3.63) is 0 Å². The number of esters is 1. The molecule has 0 aromatic heterocycles. The molecule has 18 heavy (non-hydrogen) atoms. The fourth-order valence-corrected chi connectivity index (χ4v) is 1.95. The number of carbonyl (C=O) groups excluding carboxylic acids is 1. The van der Waals surface area contributed by atoms with Gasteiger partial charge in [0.25, 0.3) is 10.1 Å². The van der Waals surface area contributed by atoms with Crippen LogP contribution in [0.25, 0.3) is 0 Å². The molecule has 0 amide bonds. The first-order chi connectivity index (χ1) is 8.08. The van der Waals surface area contributed by atoms with Gasteiger partial charge in [0.1, 0.15) is 0 Å². The van der Waals surface area contributed by atoms with E-state index in [1.165, 1.54) is 0 Å². The Kier molecular flexibility index (Phi) is 4.74. The molecule has 1 saturated heterocycles. The van der Waals surface area contributed by atoms with Gasteiger partial charge in [-0.25, -0.2) is 0 Å². The van der Waals surface area contributed by atoms with Gasteiger partial charge in [0.15, 0.2) is 6.23 Å². The topological polar surface area (TPSA) is 81.7 Å². The molecule has 1 aliphatic rings. The minimum absolute atomic E-state index is 0.0393. The summed E-state index contributed by atoms with van der Waals surface area (Å²) in [4.78, 5) is 11.7. The summed E-state index contributed by atoms with van der Waals surface area (Å²) in [6.45, 7) is 6.06. The van der Waals surface area contributed by atoms with E-state index in [1.54, 1.807) is 20.8 Å². The van der Waals surface area contributed by atoms with Crippen LogP contribution in [0.3, 0.4) is 0 Å². The van der Waals surface area contributed by atoms with Gasteiger partial charge in [0, 0.05) is 18.9 Å². The fourth-order valence-electron chi connectivity index (χ4n) is 1.51. The van der Waals surface area contributed by atoms with Gasteiger partial charge in [0.2, 0.25) is 0 Å². The summed E-state index contributed by atoms with van der Waals surface area (Å²) in [5.74, 6) is -0.234. The van der Waals surface area contributed by atoms with Gasteiger partial charge in [0.05, 0.1) is 18.3 Å². The molecule has 106 valence electrons. The largest absolute Gasteiger partial charge is 0.446 e. The standard InChI is InChI=1S/C11H21NO5S/c1-11(2,3)10(13)17-9-5-8(6-12-9)7-16-18(4,14)15/h8-9,12H,5-7H2,1-4H3. The van der Waals surface area contributed by atoms with E-state index in [2.05, 4.69) is 5.32 Å². The monoisotopic (exact) mass is 279 g/mol. The zero-order chi connectivity index (χ0) is 14.0. The van der Waals surface area contributed by atoms with Crippen LogP contribution in [0.4, 0.5) is 0 Å². The smallest absolute Gasteiger partial charge is 0.312 e. The van der Waals surface area contributed by atoms with Crippen LogP contribution >= 0.6 is 0 Å². The van der Waals surface area contributed by atoms with Crippen LogP contribution < -0.4 is 5.32 Å². The van der Waals surface area contributed by atoms with E-state index in [0.29, 0.717) is 13.0 Å². The van der Waals surface area contributed by atoms with E-state index in [0.717, 1.165) is 6.26 Å². The van der Waals surface area contributed by atoms with E-state index < -0.39 is 15.5 Å². The van der Waals surface area contributed by atoms with E-state index in [1.807, 2.05) is 0 Å². The van der Waals surface area contributed by atoms with Crippen molar-refractivity contribution in [2.24, 2.45) is 11.3 Å². The lowest BCUT2D eigenvalue weighted by Gasteiger charge is -2.20. The summed E-state index contributed by atoms with van der Waals surface area (Å²) in [5.41, 5.74) is -0.539. The Labute approximate surface area is 108 Å². The van der Waals surface area contributed by atoms with Gasteiger partial charge in [-0.05, 0) is 20.8 Å². The third-order valence-electron chi connectivity index (χ3n) is 2.56. The third kappa shape index (κ3) is 5.32. The number of carbonyl (C=O) groups is 1. The first-order valence-corrected chi connectivity index (χ1v) is 7.68.